The monoisotopic (exact) mass is 315 g/mol. The van der Waals surface area contributed by atoms with Crippen LogP contribution < -0.4 is 4.84 Å². The molecule has 0 spiro atoms. The SMILES string of the molecule is CCC(C)c1cccc(On2c3ccccc3c3ccccc32)c1. The summed E-state index contributed by atoms with van der Waals surface area (Å²) in [5.74, 6) is 1.41. The standard InChI is InChI=1S/C22H21NO/c1-3-16(2)17-9-8-10-18(15-17)24-23-21-13-6-4-11-19(21)20-12-5-7-14-22(20)23/h4-16H,3H2,1-2H3. The summed E-state index contributed by atoms with van der Waals surface area (Å²) in [5.41, 5.74) is 3.50. The minimum Gasteiger partial charge on any atom is -0.375 e. The zero-order valence-electron chi connectivity index (χ0n) is 14.1. The van der Waals surface area contributed by atoms with Gasteiger partial charge < -0.3 is 4.84 Å². The second-order valence-corrected chi connectivity index (χ2v) is 6.30. The van der Waals surface area contributed by atoms with E-state index in [4.69, 9.17) is 4.84 Å². The second kappa shape index (κ2) is 6.04. The number of fused-ring (bicyclic) bond motifs is 3. The van der Waals surface area contributed by atoms with E-state index in [1.165, 1.54) is 16.3 Å². The van der Waals surface area contributed by atoms with Crippen molar-refractivity contribution in [1.82, 2.24) is 4.73 Å². The molecule has 0 radical (unpaired) electrons. The topological polar surface area (TPSA) is 14.2 Å². The van der Waals surface area contributed by atoms with Gasteiger partial charge in [0.2, 0.25) is 0 Å². The van der Waals surface area contributed by atoms with E-state index in [1.54, 1.807) is 0 Å². The molecule has 2 heteroatoms. The molecule has 120 valence electrons. The largest absolute Gasteiger partial charge is 0.375 e. The summed E-state index contributed by atoms with van der Waals surface area (Å²) in [6, 6.07) is 25.2. The molecule has 1 atom stereocenters. The maximum absolute atomic E-state index is 6.30. The normalized spacial score (nSPS) is 12.6. The molecule has 0 N–H and O–H groups in total. The first-order valence-electron chi connectivity index (χ1n) is 8.54. The Labute approximate surface area is 142 Å². The summed E-state index contributed by atoms with van der Waals surface area (Å²) >= 11 is 0. The molecule has 1 unspecified atom stereocenters. The van der Waals surface area contributed by atoms with Gasteiger partial charge in [-0.05, 0) is 42.2 Å². The van der Waals surface area contributed by atoms with Crippen molar-refractivity contribution in [3.8, 4) is 5.75 Å². The lowest BCUT2D eigenvalue weighted by Crippen LogP contribution is -2.05. The molecule has 3 aromatic carbocycles. The van der Waals surface area contributed by atoms with Gasteiger partial charge in [0, 0.05) is 10.8 Å². The molecule has 0 bridgehead atoms. The summed E-state index contributed by atoms with van der Waals surface area (Å²) in [6.45, 7) is 4.46. The predicted molar refractivity (Wildman–Crippen MR) is 101 cm³/mol. The van der Waals surface area contributed by atoms with Crippen LogP contribution in [0.25, 0.3) is 21.8 Å². The third-order valence-corrected chi connectivity index (χ3v) is 4.77. The second-order valence-electron chi connectivity index (χ2n) is 6.30. The molecule has 4 rings (SSSR count). The molecule has 4 aromatic rings. The van der Waals surface area contributed by atoms with Crippen molar-refractivity contribution in [3.05, 3.63) is 78.4 Å². The van der Waals surface area contributed by atoms with E-state index in [0.717, 1.165) is 23.2 Å². The molecule has 0 fully saturated rings. The Morgan fingerprint density at radius 3 is 2.08 bits per heavy atom. The Hall–Kier alpha value is -2.74. The third kappa shape index (κ3) is 2.44. The minimum absolute atomic E-state index is 0.534. The summed E-state index contributed by atoms with van der Waals surface area (Å²) in [5, 5.41) is 2.43. The van der Waals surface area contributed by atoms with Crippen LogP contribution in [0.2, 0.25) is 0 Å². The highest BCUT2D eigenvalue weighted by Crippen LogP contribution is 2.30. The van der Waals surface area contributed by atoms with Crippen LogP contribution in [-0.4, -0.2) is 4.73 Å². The molecule has 0 aliphatic heterocycles. The van der Waals surface area contributed by atoms with E-state index in [0.29, 0.717) is 5.92 Å². The molecule has 0 saturated heterocycles. The fraction of sp³-hybridized carbons (Fsp3) is 0.182. The van der Waals surface area contributed by atoms with E-state index in [-0.39, 0.29) is 0 Å². The highest BCUT2D eigenvalue weighted by Gasteiger charge is 2.12. The molecule has 0 aliphatic carbocycles. The first-order chi connectivity index (χ1) is 11.8. The lowest BCUT2D eigenvalue weighted by Gasteiger charge is -2.13. The maximum Gasteiger partial charge on any atom is 0.156 e. The van der Waals surface area contributed by atoms with Crippen molar-refractivity contribution in [3.63, 3.8) is 0 Å². The van der Waals surface area contributed by atoms with Crippen LogP contribution in [0, 0.1) is 0 Å². The third-order valence-electron chi connectivity index (χ3n) is 4.77. The highest BCUT2D eigenvalue weighted by atomic mass is 16.7. The molecule has 1 aromatic heterocycles. The molecule has 1 heterocycles. The minimum atomic E-state index is 0.534. The first-order valence-corrected chi connectivity index (χ1v) is 8.54. The van der Waals surface area contributed by atoms with Gasteiger partial charge in [-0.3, -0.25) is 0 Å². The average molecular weight is 315 g/mol. The van der Waals surface area contributed by atoms with Crippen molar-refractivity contribution in [2.75, 3.05) is 0 Å². The van der Waals surface area contributed by atoms with Crippen LogP contribution >= 0.6 is 0 Å². The number of hydrogen-bond donors (Lipinski definition) is 0. The molecular weight excluding hydrogens is 294 g/mol. The number of para-hydroxylation sites is 2. The van der Waals surface area contributed by atoms with Crippen molar-refractivity contribution >= 4 is 21.8 Å². The summed E-state index contributed by atoms with van der Waals surface area (Å²) < 4.78 is 1.94. The van der Waals surface area contributed by atoms with Gasteiger partial charge in [0.05, 0.1) is 11.0 Å². The van der Waals surface area contributed by atoms with Crippen LogP contribution in [0.15, 0.2) is 72.8 Å². The molecular formula is C22H21NO. The van der Waals surface area contributed by atoms with Gasteiger partial charge in [0.1, 0.15) is 0 Å². The van der Waals surface area contributed by atoms with E-state index in [9.17, 15) is 0 Å². The predicted octanol–water partition coefficient (Wildman–Crippen LogP) is 6.15. The smallest absolute Gasteiger partial charge is 0.156 e. The van der Waals surface area contributed by atoms with E-state index in [2.05, 4.69) is 80.6 Å². The molecule has 0 aliphatic rings. The van der Waals surface area contributed by atoms with Crippen LogP contribution in [0.3, 0.4) is 0 Å². The highest BCUT2D eigenvalue weighted by molar-refractivity contribution is 6.07. The fourth-order valence-corrected chi connectivity index (χ4v) is 3.20. The van der Waals surface area contributed by atoms with Gasteiger partial charge >= 0.3 is 0 Å². The molecule has 2 nitrogen and oxygen atoms in total. The average Bonchev–Trinajstić information content (AvgIpc) is 2.96. The van der Waals surface area contributed by atoms with Crippen LogP contribution in [0.1, 0.15) is 31.7 Å². The number of aromatic nitrogens is 1. The lowest BCUT2D eigenvalue weighted by atomic mass is 9.99. The van der Waals surface area contributed by atoms with Crippen LogP contribution in [0.5, 0.6) is 5.75 Å². The quantitative estimate of drug-likeness (QED) is 0.440. The van der Waals surface area contributed by atoms with Crippen molar-refractivity contribution in [2.24, 2.45) is 0 Å². The van der Waals surface area contributed by atoms with E-state index < -0.39 is 0 Å². The molecule has 0 amide bonds. The molecule has 24 heavy (non-hydrogen) atoms. The van der Waals surface area contributed by atoms with Gasteiger partial charge in [0.25, 0.3) is 0 Å². The van der Waals surface area contributed by atoms with E-state index >= 15 is 0 Å². The van der Waals surface area contributed by atoms with Crippen molar-refractivity contribution in [1.29, 1.82) is 0 Å². The molecule has 0 saturated carbocycles. The lowest BCUT2D eigenvalue weighted by molar-refractivity contribution is 0.241. The fourth-order valence-electron chi connectivity index (χ4n) is 3.20. The maximum atomic E-state index is 6.30. The van der Waals surface area contributed by atoms with Crippen molar-refractivity contribution < 1.29 is 4.84 Å². The van der Waals surface area contributed by atoms with Gasteiger partial charge in [0.15, 0.2) is 5.75 Å². The summed E-state index contributed by atoms with van der Waals surface area (Å²) in [4.78, 5) is 6.30. The summed E-state index contributed by atoms with van der Waals surface area (Å²) in [7, 11) is 0. The Kier molecular flexibility index (Phi) is 3.73. The number of rotatable bonds is 4. The van der Waals surface area contributed by atoms with Crippen LogP contribution in [0.4, 0.5) is 0 Å². The Morgan fingerprint density at radius 1 is 0.833 bits per heavy atom. The van der Waals surface area contributed by atoms with Gasteiger partial charge in [-0.1, -0.05) is 62.4 Å². The Balaban J connectivity index is 1.85. The van der Waals surface area contributed by atoms with Gasteiger partial charge in [-0.15, -0.1) is 0 Å². The number of benzene rings is 3. The van der Waals surface area contributed by atoms with Crippen molar-refractivity contribution in [2.45, 2.75) is 26.2 Å². The van der Waals surface area contributed by atoms with Gasteiger partial charge in [-0.25, -0.2) is 0 Å². The van der Waals surface area contributed by atoms with Crippen LogP contribution in [-0.2, 0) is 0 Å². The van der Waals surface area contributed by atoms with Gasteiger partial charge in [-0.2, -0.15) is 4.73 Å². The number of hydrogen-bond acceptors (Lipinski definition) is 1. The summed E-state index contributed by atoms with van der Waals surface area (Å²) in [6.07, 6.45) is 1.12. The Morgan fingerprint density at radius 2 is 1.46 bits per heavy atom. The number of nitrogens with zero attached hydrogens (tertiary/aromatic N) is 1. The first kappa shape index (κ1) is 14.8. The zero-order chi connectivity index (χ0) is 16.5. The zero-order valence-corrected chi connectivity index (χ0v) is 14.1. The van der Waals surface area contributed by atoms with E-state index in [1.807, 2.05) is 10.8 Å². The Bertz CT molecular complexity index is 946.